The highest BCUT2D eigenvalue weighted by Crippen LogP contribution is 2.38. The number of fused-ring (bicyclic) bond motifs is 3. The van der Waals surface area contributed by atoms with Crippen LogP contribution >= 0.6 is 0 Å². The molecule has 3 heterocycles. The molecular formula is C25H27N2O+. The van der Waals surface area contributed by atoms with Gasteiger partial charge in [0.2, 0.25) is 11.4 Å². The number of benzene rings is 1. The van der Waals surface area contributed by atoms with E-state index in [4.69, 9.17) is 15.4 Å². The van der Waals surface area contributed by atoms with Crippen molar-refractivity contribution in [1.82, 2.24) is 4.98 Å². The number of nitrogens with zero attached hydrogens (tertiary/aromatic N) is 2. The van der Waals surface area contributed by atoms with Gasteiger partial charge in [0.05, 0.1) is 5.56 Å². The fourth-order valence-electron chi connectivity index (χ4n) is 3.90. The molecule has 5 rings (SSSR count). The van der Waals surface area contributed by atoms with E-state index in [0.29, 0.717) is 17.4 Å². The van der Waals surface area contributed by atoms with Crippen molar-refractivity contribution in [1.29, 1.82) is 0 Å². The fourth-order valence-corrected chi connectivity index (χ4v) is 3.90. The highest BCUT2D eigenvalue weighted by molar-refractivity contribution is 6.08. The van der Waals surface area contributed by atoms with E-state index in [1.807, 2.05) is 19.1 Å². The molecule has 3 nitrogen and oxygen atoms in total. The molecule has 0 radical (unpaired) electrons. The van der Waals surface area contributed by atoms with E-state index >= 15 is 0 Å². The minimum absolute atomic E-state index is 0.00890. The van der Waals surface area contributed by atoms with Gasteiger partial charge in [-0.1, -0.05) is 31.4 Å². The summed E-state index contributed by atoms with van der Waals surface area (Å²) in [5.74, 6) is -2.18. The first kappa shape index (κ1) is 10.8. The lowest BCUT2D eigenvalue weighted by Crippen LogP contribution is -2.31. The molecule has 0 atom stereocenters. The molecule has 0 unspecified atom stereocenters. The standard InChI is InChI=1S/C25H27N2O/c1-16-9-14-22(27(3)15-16)23-17(2)10-11-19-20-12-13-21(18-7-5-4-6-8-18)26-25(20)28-24(19)23/h9-15,18H,4-8H2,1-3H3/q+1/i1D3,7D2,8D2,18D. The van der Waals surface area contributed by atoms with Crippen LogP contribution in [0.25, 0.3) is 33.3 Å². The summed E-state index contributed by atoms with van der Waals surface area (Å²) < 4.78 is 73.9. The smallest absolute Gasteiger partial charge is 0.227 e. The van der Waals surface area contributed by atoms with Crippen LogP contribution in [-0.4, -0.2) is 4.98 Å². The van der Waals surface area contributed by atoms with Crippen molar-refractivity contribution in [2.24, 2.45) is 7.05 Å². The SMILES string of the molecule is [2H]C([2H])([2H])c1ccc(-c2c(C)ccc3c2oc2nc(C4([2H])C([2H])([2H])CCCC4([2H])[2H])ccc23)[n+](C)c1. The van der Waals surface area contributed by atoms with Crippen LogP contribution in [0, 0.1) is 13.8 Å². The molecule has 0 spiro atoms. The van der Waals surface area contributed by atoms with Crippen LogP contribution in [0.1, 0.15) is 65.7 Å². The lowest BCUT2D eigenvalue weighted by molar-refractivity contribution is -0.660. The van der Waals surface area contributed by atoms with Crippen molar-refractivity contribution in [2.75, 3.05) is 0 Å². The van der Waals surface area contributed by atoms with Gasteiger partial charge in [0.1, 0.15) is 7.05 Å². The van der Waals surface area contributed by atoms with Crippen molar-refractivity contribution in [2.45, 2.75) is 51.7 Å². The van der Waals surface area contributed by atoms with Crippen molar-refractivity contribution >= 4 is 22.1 Å². The van der Waals surface area contributed by atoms with Crippen LogP contribution in [0.3, 0.4) is 0 Å². The number of rotatable bonds is 2. The molecule has 142 valence electrons. The van der Waals surface area contributed by atoms with Gasteiger partial charge in [0.25, 0.3) is 0 Å². The summed E-state index contributed by atoms with van der Waals surface area (Å²) in [4.78, 5) is 4.52. The number of furan rings is 1. The Hall–Kier alpha value is -2.68. The Balaban J connectivity index is 1.72. The van der Waals surface area contributed by atoms with Crippen LogP contribution < -0.4 is 4.57 Å². The Bertz CT molecular complexity index is 1490. The van der Waals surface area contributed by atoms with Gasteiger partial charge in [0, 0.05) is 45.0 Å². The summed E-state index contributed by atoms with van der Waals surface area (Å²) in [5.41, 5.74) is 3.43. The Morgan fingerprint density at radius 2 is 1.93 bits per heavy atom. The number of aromatic nitrogens is 2. The lowest BCUT2D eigenvalue weighted by atomic mass is 9.86. The van der Waals surface area contributed by atoms with E-state index in [0.717, 1.165) is 22.2 Å². The average molecular weight is 380 g/mol. The molecule has 28 heavy (non-hydrogen) atoms. The van der Waals surface area contributed by atoms with E-state index < -0.39 is 25.5 Å². The van der Waals surface area contributed by atoms with E-state index in [1.165, 1.54) is 6.07 Å². The highest BCUT2D eigenvalue weighted by Gasteiger charge is 2.22. The Labute approximate surface area is 177 Å². The first-order valence-electron chi connectivity index (χ1n) is 13.5. The second-order valence-corrected chi connectivity index (χ2v) is 7.28. The fraction of sp³-hybridized carbons (Fsp3) is 0.360. The number of pyridine rings is 2. The first-order valence-corrected chi connectivity index (χ1v) is 9.51. The largest absolute Gasteiger partial charge is 0.437 e. The second-order valence-electron chi connectivity index (χ2n) is 7.28. The number of aryl methyl sites for hydroxylation is 3. The van der Waals surface area contributed by atoms with Crippen LogP contribution in [0.4, 0.5) is 0 Å². The zero-order chi connectivity index (χ0) is 26.3. The van der Waals surface area contributed by atoms with Crippen LogP contribution in [0.2, 0.25) is 0 Å². The van der Waals surface area contributed by atoms with Crippen LogP contribution in [-0.2, 0) is 7.05 Å². The third kappa shape index (κ3) is 2.81. The van der Waals surface area contributed by atoms with Crippen LogP contribution in [0.5, 0.6) is 0 Å². The van der Waals surface area contributed by atoms with Crippen molar-refractivity contribution in [3.8, 4) is 11.3 Å². The van der Waals surface area contributed by atoms with Gasteiger partial charge in [-0.2, -0.15) is 0 Å². The summed E-state index contributed by atoms with van der Waals surface area (Å²) in [5, 5.41) is 1.45. The summed E-state index contributed by atoms with van der Waals surface area (Å²) in [6, 6.07) is 10.4. The molecule has 4 aromatic rings. The summed E-state index contributed by atoms with van der Waals surface area (Å²) in [7, 11) is 1.78. The van der Waals surface area contributed by atoms with Gasteiger partial charge >= 0.3 is 0 Å². The molecule has 0 aliphatic heterocycles. The maximum Gasteiger partial charge on any atom is 0.227 e. The van der Waals surface area contributed by atoms with Gasteiger partial charge in [-0.25, -0.2) is 9.55 Å². The molecule has 0 bridgehead atoms. The Morgan fingerprint density at radius 1 is 1.11 bits per heavy atom. The molecular weight excluding hydrogens is 344 g/mol. The third-order valence-corrected chi connectivity index (χ3v) is 5.32. The van der Waals surface area contributed by atoms with E-state index in [-0.39, 0.29) is 29.8 Å². The van der Waals surface area contributed by atoms with E-state index in [1.54, 1.807) is 36.0 Å². The third-order valence-electron chi connectivity index (χ3n) is 5.32. The molecule has 1 aliphatic rings. The van der Waals surface area contributed by atoms with Crippen molar-refractivity contribution in [3.63, 3.8) is 0 Å². The quantitative estimate of drug-likeness (QED) is 0.392. The predicted octanol–water partition coefficient (Wildman–Crippen LogP) is 6.14. The maximum absolute atomic E-state index is 8.98. The number of hydrogen-bond donors (Lipinski definition) is 0. The second kappa shape index (κ2) is 6.73. The maximum atomic E-state index is 8.98. The van der Waals surface area contributed by atoms with Gasteiger partial charge in [-0.05, 0) is 50.3 Å². The van der Waals surface area contributed by atoms with Crippen molar-refractivity contribution in [3.05, 3.63) is 59.4 Å². The monoisotopic (exact) mass is 379 g/mol. The van der Waals surface area contributed by atoms with Gasteiger partial charge in [0.15, 0.2) is 11.8 Å². The van der Waals surface area contributed by atoms with Crippen molar-refractivity contribution < 1.29 is 20.0 Å². The molecule has 1 aromatic carbocycles. The van der Waals surface area contributed by atoms with Gasteiger partial charge < -0.3 is 4.42 Å². The minimum atomic E-state index is -2.22. The molecule has 0 amide bonds. The van der Waals surface area contributed by atoms with Crippen LogP contribution in [0.15, 0.2) is 47.0 Å². The zero-order valence-corrected chi connectivity index (χ0v) is 16.0. The predicted molar refractivity (Wildman–Crippen MR) is 113 cm³/mol. The minimum Gasteiger partial charge on any atom is -0.437 e. The molecule has 3 heteroatoms. The van der Waals surface area contributed by atoms with Gasteiger partial charge in [-0.3, -0.25) is 0 Å². The zero-order valence-electron chi connectivity index (χ0n) is 24.0. The lowest BCUT2D eigenvalue weighted by Gasteiger charge is -2.20. The molecule has 1 saturated carbocycles. The number of hydrogen-bond acceptors (Lipinski definition) is 2. The Morgan fingerprint density at radius 3 is 2.71 bits per heavy atom. The van der Waals surface area contributed by atoms with E-state index in [2.05, 4.69) is 4.98 Å². The first-order chi connectivity index (χ1) is 16.7. The topological polar surface area (TPSA) is 29.9 Å². The normalized spacial score (nSPS) is 24.9. The van der Waals surface area contributed by atoms with E-state index in [9.17, 15) is 0 Å². The Kier molecular flexibility index (Phi) is 2.59. The molecule has 1 fully saturated rings. The molecule has 3 aromatic heterocycles. The highest BCUT2D eigenvalue weighted by atomic mass is 16.3. The average Bonchev–Trinajstić information content (AvgIpc) is 3.14. The summed E-state index contributed by atoms with van der Waals surface area (Å²) in [6.45, 7) is -0.291. The summed E-state index contributed by atoms with van der Waals surface area (Å²) >= 11 is 0. The molecule has 1 aliphatic carbocycles. The molecule has 0 N–H and O–H groups in total. The summed E-state index contributed by atoms with van der Waals surface area (Å²) in [6.07, 6.45) is -2.07. The molecule has 0 saturated heterocycles. The van der Waals surface area contributed by atoms with Gasteiger partial charge in [-0.15, -0.1) is 0 Å².